The molecule has 4 atom stereocenters. The molecule has 2 fully saturated rings. The zero-order chi connectivity index (χ0) is 23.4. The molecule has 1 aliphatic carbocycles. The van der Waals surface area contributed by atoms with Crippen LogP contribution in [0.15, 0.2) is 17.8 Å². The number of carbonyl (C=O) groups is 1. The van der Waals surface area contributed by atoms with Gasteiger partial charge in [-0.2, -0.15) is 0 Å². The summed E-state index contributed by atoms with van der Waals surface area (Å²) in [7, 11) is 0. The molecule has 1 aromatic rings. The molecule has 0 spiro atoms. The van der Waals surface area contributed by atoms with E-state index in [0.29, 0.717) is 17.5 Å². The highest BCUT2D eigenvalue weighted by atomic mass is 16.1. The Kier molecular flexibility index (Phi) is 12.4. The van der Waals surface area contributed by atoms with Crippen molar-refractivity contribution in [1.82, 2.24) is 15.3 Å². The molecule has 2 aliphatic rings. The zero-order valence-electron chi connectivity index (χ0n) is 20.6. The molecule has 3 rings (SSSR count). The van der Waals surface area contributed by atoms with Crippen molar-refractivity contribution in [1.29, 1.82) is 5.41 Å². The van der Waals surface area contributed by atoms with E-state index in [2.05, 4.69) is 36.1 Å². The SMILES string of the molecule is CC1CCC(=O)NC1.CCC(C)=CC(C)=N.Cc1ncc(C(N)C2CCCC(C)C2)[nH]1. The van der Waals surface area contributed by atoms with Crippen molar-refractivity contribution in [3.05, 3.63) is 29.4 Å². The number of carbonyl (C=O) groups excluding carboxylic acids is 1. The van der Waals surface area contributed by atoms with Gasteiger partial charge in [-0.15, -0.1) is 0 Å². The lowest BCUT2D eigenvalue weighted by atomic mass is 9.78. The molecule has 0 aromatic carbocycles. The lowest BCUT2D eigenvalue weighted by Gasteiger charge is -2.30. The van der Waals surface area contributed by atoms with Crippen LogP contribution in [-0.2, 0) is 4.79 Å². The highest BCUT2D eigenvalue weighted by Gasteiger charge is 2.26. The second-order valence-electron chi connectivity index (χ2n) is 9.46. The summed E-state index contributed by atoms with van der Waals surface area (Å²) in [5, 5.41) is 9.84. The molecular formula is C25H45N5O. The molecule has 2 heterocycles. The van der Waals surface area contributed by atoms with Crippen molar-refractivity contribution in [3.63, 3.8) is 0 Å². The lowest BCUT2D eigenvalue weighted by Crippen LogP contribution is -2.33. The van der Waals surface area contributed by atoms with Crippen LogP contribution in [0.3, 0.4) is 0 Å². The van der Waals surface area contributed by atoms with Crippen LogP contribution in [0.25, 0.3) is 0 Å². The maximum Gasteiger partial charge on any atom is 0.220 e. The summed E-state index contributed by atoms with van der Waals surface area (Å²) in [5.74, 6) is 3.33. The molecule has 1 aromatic heterocycles. The number of rotatable bonds is 4. The molecule has 1 amide bonds. The number of piperidine rings is 1. The van der Waals surface area contributed by atoms with Gasteiger partial charge in [0.25, 0.3) is 0 Å². The molecule has 0 radical (unpaired) electrons. The normalized spacial score (nSPS) is 24.7. The van der Waals surface area contributed by atoms with Crippen molar-refractivity contribution in [2.24, 2.45) is 23.5 Å². The third-order valence-corrected chi connectivity index (χ3v) is 6.10. The fourth-order valence-corrected chi connectivity index (χ4v) is 4.00. The molecule has 5 N–H and O–H groups in total. The van der Waals surface area contributed by atoms with Gasteiger partial charge in [0.1, 0.15) is 5.82 Å². The van der Waals surface area contributed by atoms with Crippen LogP contribution in [0, 0.1) is 30.1 Å². The van der Waals surface area contributed by atoms with Gasteiger partial charge in [0.15, 0.2) is 0 Å². The van der Waals surface area contributed by atoms with Crippen LogP contribution in [0.2, 0.25) is 0 Å². The van der Waals surface area contributed by atoms with Gasteiger partial charge in [0.2, 0.25) is 5.91 Å². The maximum atomic E-state index is 10.5. The predicted molar refractivity (Wildman–Crippen MR) is 130 cm³/mol. The van der Waals surface area contributed by atoms with Crippen molar-refractivity contribution in [3.8, 4) is 0 Å². The number of aromatic nitrogens is 2. The Balaban J connectivity index is 0.000000256. The van der Waals surface area contributed by atoms with E-state index in [1.54, 1.807) is 6.92 Å². The van der Waals surface area contributed by atoms with Gasteiger partial charge < -0.3 is 21.4 Å². The van der Waals surface area contributed by atoms with Crippen LogP contribution < -0.4 is 11.1 Å². The van der Waals surface area contributed by atoms with Gasteiger partial charge in [-0.05, 0) is 70.3 Å². The number of aryl methyl sites for hydroxylation is 1. The summed E-state index contributed by atoms with van der Waals surface area (Å²) in [4.78, 5) is 18.0. The van der Waals surface area contributed by atoms with E-state index in [0.717, 1.165) is 43.2 Å². The van der Waals surface area contributed by atoms with E-state index in [1.807, 2.05) is 26.1 Å². The van der Waals surface area contributed by atoms with Crippen molar-refractivity contribution >= 4 is 11.6 Å². The first-order chi connectivity index (χ1) is 14.6. The summed E-state index contributed by atoms with van der Waals surface area (Å²) in [6, 6.07) is 0.147. The first-order valence-electron chi connectivity index (χ1n) is 11.9. The van der Waals surface area contributed by atoms with E-state index < -0.39 is 0 Å². The lowest BCUT2D eigenvalue weighted by molar-refractivity contribution is -0.122. The predicted octanol–water partition coefficient (Wildman–Crippen LogP) is 5.46. The number of imidazole rings is 1. The summed E-state index contributed by atoms with van der Waals surface area (Å²) >= 11 is 0. The summed E-state index contributed by atoms with van der Waals surface area (Å²) < 4.78 is 0. The van der Waals surface area contributed by atoms with Crippen molar-refractivity contribution in [2.45, 2.75) is 92.5 Å². The van der Waals surface area contributed by atoms with Gasteiger partial charge in [0, 0.05) is 30.9 Å². The van der Waals surface area contributed by atoms with Crippen molar-refractivity contribution < 1.29 is 4.79 Å². The van der Waals surface area contributed by atoms with Crippen LogP contribution >= 0.6 is 0 Å². The first-order valence-corrected chi connectivity index (χ1v) is 11.9. The molecule has 4 unspecified atom stereocenters. The summed E-state index contributed by atoms with van der Waals surface area (Å²) in [6.07, 6.45) is 11.8. The van der Waals surface area contributed by atoms with E-state index >= 15 is 0 Å². The fraction of sp³-hybridized carbons (Fsp3) is 0.720. The number of nitrogens with one attached hydrogen (secondary N) is 3. The number of hydrogen-bond acceptors (Lipinski definition) is 4. The third kappa shape index (κ3) is 11.3. The second-order valence-corrected chi connectivity index (χ2v) is 9.46. The largest absolute Gasteiger partial charge is 0.356 e. The number of H-pyrrole nitrogens is 1. The zero-order valence-corrected chi connectivity index (χ0v) is 20.6. The van der Waals surface area contributed by atoms with Gasteiger partial charge in [-0.1, -0.05) is 39.2 Å². The summed E-state index contributed by atoms with van der Waals surface area (Å²) in [6.45, 7) is 13.3. The average molecular weight is 432 g/mol. The molecule has 31 heavy (non-hydrogen) atoms. The Morgan fingerprint density at radius 3 is 2.42 bits per heavy atom. The van der Waals surface area contributed by atoms with E-state index in [4.69, 9.17) is 11.1 Å². The number of nitrogens with zero attached hydrogens (tertiary/aromatic N) is 1. The standard InChI is InChI=1S/C12H21N3.C7H13N.C6H11NO/c1-8-4-3-5-10(6-8)12(13)11-7-14-9(2)15-11;1-4-6(2)5-7(3)8;1-5-2-3-6(8)7-4-5/h7-8,10,12H,3-6,13H2,1-2H3,(H,14,15);5,8H,4H2,1-3H3;5H,2-4H2,1H3,(H,7,8). The quantitative estimate of drug-likeness (QED) is 0.475. The van der Waals surface area contributed by atoms with Crippen LogP contribution in [-0.4, -0.2) is 28.1 Å². The molecule has 176 valence electrons. The monoisotopic (exact) mass is 431 g/mol. The van der Waals surface area contributed by atoms with Gasteiger partial charge in [-0.3, -0.25) is 4.79 Å². The second kappa shape index (κ2) is 14.2. The van der Waals surface area contributed by atoms with Gasteiger partial charge in [0.05, 0.1) is 5.69 Å². The van der Waals surface area contributed by atoms with E-state index in [9.17, 15) is 4.79 Å². The highest BCUT2D eigenvalue weighted by Crippen LogP contribution is 2.35. The highest BCUT2D eigenvalue weighted by molar-refractivity contribution is 5.90. The molecular weight excluding hydrogens is 386 g/mol. The number of aromatic amines is 1. The van der Waals surface area contributed by atoms with Crippen LogP contribution in [0.4, 0.5) is 0 Å². The van der Waals surface area contributed by atoms with Crippen LogP contribution in [0.5, 0.6) is 0 Å². The van der Waals surface area contributed by atoms with Gasteiger partial charge in [-0.25, -0.2) is 4.98 Å². The minimum absolute atomic E-state index is 0.147. The first kappa shape index (κ1) is 27.1. The average Bonchev–Trinajstić information content (AvgIpc) is 3.16. The van der Waals surface area contributed by atoms with E-state index in [-0.39, 0.29) is 11.9 Å². The molecule has 6 heteroatoms. The third-order valence-electron chi connectivity index (χ3n) is 6.10. The Bertz CT molecular complexity index is 699. The topological polar surface area (TPSA) is 108 Å². The molecule has 6 nitrogen and oxygen atoms in total. The Hall–Kier alpha value is -1.95. The maximum absolute atomic E-state index is 10.5. The number of nitrogens with two attached hydrogens (primary N) is 1. The van der Waals surface area contributed by atoms with E-state index in [1.165, 1.54) is 31.3 Å². The fourth-order valence-electron chi connectivity index (χ4n) is 4.00. The van der Waals surface area contributed by atoms with Crippen LogP contribution in [0.1, 0.15) is 97.1 Å². The molecule has 1 saturated heterocycles. The van der Waals surface area contributed by atoms with Gasteiger partial charge >= 0.3 is 0 Å². The number of amides is 1. The Labute approximate surface area is 189 Å². The molecule has 1 saturated carbocycles. The van der Waals surface area contributed by atoms with Crippen molar-refractivity contribution in [2.75, 3.05) is 6.54 Å². The minimum Gasteiger partial charge on any atom is -0.356 e. The number of hydrogen-bond donors (Lipinski definition) is 4. The summed E-state index contributed by atoms with van der Waals surface area (Å²) in [5.41, 5.74) is 9.30. The minimum atomic E-state index is 0.147. The molecule has 0 bridgehead atoms. The number of allylic oxidation sites excluding steroid dienone is 2. The Morgan fingerprint density at radius 2 is 2.00 bits per heavy atom. The Morgan fingerprint density at radius 1 is 1.29 bits per heavy atom. The smallest absolute Gasteiger partial charge is 0.220 e. The molecule has 1 aliphatic heterocycles.